The molecule has 3 nitrogen and oxygen atoms in total. The number of fused-ring (bicyclic) bond motifs is 1. The number of H-pyrrole nitrogens is 1. The van der Waals surface area contributed by atoms with Gasteiger partial charge in [-0.3, -0.25) is 5.10 Å². The van der Waals surface area contributed by atoms with Gasteiger partial charge in [0, 0.05) is 9.58 Å². The zero-order chi connectivity index (χ0) is 14.4. The van der Waals surface area contributed by atoms with Gasteiger partial charge in [-0.15, -0.1) is 22.7 Å². The van der Waals surface area contributed by atoms with E-state index >= 15 is 0 Å². The molecule has 1 aromatic carbocycles. The highest BCUT2D eigenvalue weighted by atomic mass is 32.1. The van der Waals surface area contributed by atoms with Gasteiger partial charge in [-0.25, -0.2) is 4.39 Å². The summed E-state index contributed by atoms with van der Waals surface area (Å²) >= 11 is 3.14. The number of nitrogens with one attached hydrogen (secondary N) is 1. The van der Waals surface area contributed by atoms with Crippen LogP contribution >= 0.6 is 22.7 Å². The Balaban J connectivity index is 1.93. The maximum atomic E-state index is 13.3. The van der Waals surface area contributed by atoms with Crippen LogP contribution in [0, 0.1) is 5.82 Å². The minimum absolute atomic E-state index is 0.224. The molecule has 3 heterocycles. The quantitative estimate of drug-likeness (QED) is 0.561. The molecule has 0 saturated heterocycles. The predicted molar refractivity (Wildman–Crippen MR) is 87.1 cm³/mol. The standard InChI is InChI=1S/C15H10FN3S2/c16-9-4-3-8-6-12(21-11(8)7-9)14-13(15(17)19-18-14)10-2-1-5-20-10/h1-7H,(H3,17,18,19). The van der Waals surface area contributed by atoms with Crippen LogP contribution in [-0.2, 0) is 0 Å². The second kappa shape index (κ2) is 4.68. The first-order valence-electron chi connectivity index (χ1n) is 6.29. The second-order valence-corrected chi connectivity index (χ2v) is 6.66. The molecule has 3 N–H and O–H groups in total. The van der Waals surface area contributed by atoms with E-state index in [1.54, 1.807) is 23.5 Å². The zero-order valence-corrected chi connectivity index (χ0v) is 12.4. The Bertz CT molecular complexity index is 922. The van der Waals surface area contributed by atoms with Gasteiger partial charge in [0.2, 0.25) is 0 Å². The van der Waals surface area contributed by atoms with Gasteiger partial charge in [0.15, 0.2) is 5.82 Å². The molecule has 21 heavy (non-hydrogen) atoms. The maximum Gasteiger partial charge on any atom is 0.154 e. The molecule has 4 rings (SSSR count). The van der Waals surface area contributed by atoms with Crippen LogP contribution in [-0.4, -0.2) is 10.2 Å². The lowest BCUT2D eigenvalue weighted by Crippen LogP contribution is -1.86. The molecule has 0 saturated carbocycles. The highest BCUT2D eigenvalue weighted by Crippen LogP contribution is 2.41. The number of rotatable bonds is 2. The first kappa shape index (κ1) is 12.6. The number of benzene rings is 1. The van der Waals surface area contributed by atoms with Gasteiger partial charge in [0.25, 0.3) is 0 Å². The van der Waals surface area contributed by atoms with Crippen molar-refractivity contribution in [2.24, 2.45) is 0 Å². The van der Waals surface area contributed by atoms with Crippen LogP contribution in [0.25, 0.3) is 31.1 Å². The van der Waals surface area contributed by atoms with E-state index in [4.69, 9.17) is 5.73 Å². The number of nitrogen functional groups attached to an aromatic ring is 1. The molecular formula is C15H10FN3S2. The molecule has 0 amide bonds. The normalized spacial score (nSPS) is 11.3. The fraction of sp³-hybridized carbons (Fsp3) is 0. The summed E-state index contributed by atoms with van der Waals surface area (Å²) in [4.78, 5) is 2.07. The van der Waals surface area contributed by atoms with Crippen LogP contribution in [0.2, 0.25) is 0 Å². The van der Waals surface area contributed by atoms with Crippen LogP contribution < -0.4 is 5.73 Å². The summed E-state index contributed by atoms with van der Waals surface area (Å²) in [7, 11) is 0. The van der Waals surface area contributed by atoms with E-state index < -0.39 is 0 Å². The summed E-state index contributed by atoms with van der Waals surface area (Å²) in [6.07, 6.45) is 0. The van der Waals surface area contributed by atoms with Crippen molar-refractivity contribution in [1.82, 2.24) is 10.2 Å². The molecule has 6 heteroatoms. The summed E-state index contributed by atoms with van der Waals surface area (Å²) in [6, 6.07) is 10.8. The predicted octanol–water partition coefficient (Wildman–Crippen LogP) is 4.74. The summed E-state index contributed by atoms with van der Waals surface area (Å²) in [6.45, 7) is 0. The van der Waals surface area contributed by atoms with Gasteiger partial charge in [-0.1, -0.05) is 12.1 Å². The van der Waals surface area contributed by atoms with E-state index in [1.165, 1.54) is 17.4 Å². The molecule has 0 aliphatic heterocycles. The Hall–Kier alpha value is -2.18. The average Bonchev–Trinajstić information content (AvgIpc) is 3.15. The summed E-state index contributed by atoms with van der Waals surface area (Å²) in [5.41, 5.74) is 7.80. The third-order valence-electron chi connectivity index (χ3n) is 3.29. The van der Waals surface area contributed by atoms with E-state index in [9.17, 15) is 4.39 Å². The Morgan fingerprint density at radius 3 is 2.86 bits per heavy atom. The lowest BCUT2D eigenvalue weighted by molar-refractivity contribution is 0.630. The molecule has 0 fully saturated rings. The first-order chi connectivity index (χ1) is 10.2. The third kappa shape index (κ3) is 2.03. The number of anilines is 1. The number of thiophene rings is 2. The lowest BCUT2D eigenvalue weighted by atomic mass is 10.1. The molecule has 0 unspecified atom stereocenters. The summed E-state index contributed by atoms with van der Waals surface area (Å²) in [5, 5.41) is 10.2. The summed E-state index contributed by atoms with van der Waals surface area (Å²) < 4.78 is 14.2. The van der Waals surface area contributed by atoms with Gasteiger partial charge < -0.3 is 5.73 Å². The Labute approximate surface area is 127 Å². The number of hydrogen-bond acceptors (Lipinski definition) is 4. The largest absolute Gasteiger partial charge is 0.382 e. The van der Waals surface area contributed by atoms with Crippen molar-refractivity contribution >= 4 is 38.6 Å². The molecule has 104 valence electrons. The lowest BCUT2D eigenvalue weighted by Gasteiger charge is -1.98. The van der Waals surface area contributed by atoms with Crippen LogP contribution in [0.4, 0.5) is 10.2 Å². The Morgan fingerprint density at radius 1 is 1.14 bits per heavy atom. The van der Waals surface area contributed by atoms with Crippen molar-refractivity contribution in [2.45, 2.75) is 0 Å². The third-order valence-corrected chi connectivity index (χ3v) is 5.29. The highest BCUT2D eigenvalue weighted by Gasteiger charge is 2.17. The Kier molecular flexibility index (Phi) is 2.80. The van der Waals surface area contributed by atoms with Crippen molar-refractivity contribution in [3.8, 4) is 21.0 Å². The molecule has 0 bridgehead atoms. The molecule has 3 aromatic heterocycles. The van der Waals surface area contributed by atoms with Crippen molar-refractivity contribution in [3.05, 3.63) is 47.6 Å². The van der Waals surface area contributed by atoms with Crippen molar-refractivity contribution < 1.29 is 4.39 Å². The van der Waals surface area contributed by atoms with E-state index in [0.29, 0.717) is 5.82 Å². The zero-order valence-electron chi connectivity index (χ0n) is 10.8. The minimum Gasteiger partial charge on any atom is -0.382 e. The summed E-state index contributed by atoms with van der Waals surface area (Å²) in [5.74, 6) is 0.259. The maximum absolute atomic E-state index is 13.3. The van der Waals surface area contributed by atoms with Gasteiger partial charge >= 0.3 is 0 Å². The molecule has 0 aliphatic carbocycles. The van der Waals surface area contributed by atoms with Crippen molar-refractivity contribution in [3.63, 3.8) is 0 Å². The highest BCUT2D eigenvalue weighted by molar-refractivity contribution is 7.22. The monoisotopic (exact) mass is 315 g/mol. The van der Waals surface area contributed by atoms with Gasteiger partial charge in [0.1, 0.15) is 5.82 Å². The average molecular weight is 315 g/mol. The van der Waals surface area contributed by atoms with Gasteiger partial charge in [-0.05, 0) is 35.0 Å². The molecular weight excluding hydrogens is 305 g/mol. The first-order valence-corrected chi connectivity index (χ1v) is 7.99. The Morgan fingerprint density at radius 2 is 2.05 bits per heavy atom. The smallest absolute Gasteiger partial charge is 0.154 e. The van der Waals surface area contributed by atoms with Crippen molar-refractivity contribution in [2.75, 3.05) is 5.73 Å². The van der Waals surface area contributed by atoms with Crippen LogP contribution in [0.5, 0.6) is 0 Å². The SMILES string of the molecule is Nc1n[nH]c(-c2cc3ccc(F)cc3s2)c1-c1cccs1. The fourth-order valence-electron chi connectivity index (χ4n) is 2.33. The molecule has 4 aromatic rings. The van der Waals surface area contributed by atoms with Crippen molar-refractivity contribution in [1.29, 1.82) is 0 Å². The number of nitrogens with two attached hydrogens (primary N) is 1. The molecule has 0 radical (unpaired) electrons. The van der Waals surface area contributed by atoms with Crippen LogP contribution in [0.3, 0.4) is 0 Å². The number of aromatic nitrogens is 2. The number of halogens is 1. The molecule has 0 aliphatic rings. The van der Waals surface area contributed by atoms with E-state index in [1.807, 2.05) is 23.6 Å². The topological polar surface area (TPSA) is 54.7 Å². The number of aromatic amines is 1. The van der Waals surface area contributed by atoms with Gasteiger partial charge in [-0.2, -0.15) is 5.10 Å². The number of hydrogen-bond donors (Lipinski definition) is 2. The van der Waals surface area contributed by atoms with E-state index in [-0.39, 0.29) is 5.82 Å². The number of nitrogens with zero attached hydrogens (tertiary/aromatic N) is 1. The van der Waals surface area contributed by atoms with Crippen LogP contribution in [0.15, 0.2) is 41.8 Å². The van der Waals surface area contributed by atoms with E-state index in [0.717, 1.165) is 31.1 Å². The van der Waals surface area contributed by atoms with E-state index in [2.05, 4.69) is 10.2 Å². The van der Waals surface area contributed by atoms with Gasteiger partial charge in [0.05, 0.1) is 16.1 Å². The molecule has 0 atom stereocenters. The second-order valence-electron chi connectivity index (χ2n) is 4.63. The minimum atomic E-state index is -0.224. The molecule has 0 spiro atoms. The van der Waals surface area contributed by atoms with Crippen LogP contribution in [0.1, 0.15) is 0 Å². The fourth-order valence-corrected chi connectivity index (χ4v) is 4.21.